The Morgan fingerprint density at radius 3 is 2.62 bits per heavy atom. The zero-order valence-electron chi connectivity index (χ0n) is 10.4. The summed E-state index contributed by atoms with van der Waals surface area (Å²) in [4.78, 5) is 13.9. The highest BCUT2D eigenvalue weighted by atomic mass is 16.1. The van der Waals surface area contributed by atoms with Gasteiger partial charge in [-0.15, -0.1) is 0 Å². The number of H-pyrrole nitrogens is 1. The molecule has 0 saturated heterocycles. The predicted octanol–water partition coefficient (Wildman–Crippen LogP) is 0.708. The molecule has 2 N–H and O–H groups in total. The second kappa shape index (κ2) is 5.65. The molecule has 90 valence electrons. The number of nitrogens with one attached hydrogen (secondary N) is 2. The molecule has 16 heavy (non-hydrogen) atoms. The van der Waals surface area contributed by atoms with Crippen molar-refractivity contribution >= 4 is 5.91 Å². The molecule has 1 aromatic heterocycles. The maximum Gasteiger partial charge on any atom is 0.255 e. The third kappa shape index (κ3) is 3.34. The largest absolute Gasteiger partial charge is 0.352 e. The molecule has 1 rings (SSSR count). The van der Waals surface area contributed by atoms with E-state index in [1.54, 1.807) is 0 Å². The van der Waals surface area contributed by atoms with Crippen LogP contribution in [0.3, 0.4) is 0 Å². The van der Waals surface area contributed by atoms with E-state index in [1.165, 1.54) is 0 Å². The SMILES string of the molecule is Cc1n[nH]c(C)c1C(=O)NCCCN(C)C. The fourth-order valence-electron chi connectivity index (χ4n) is 1.57. The number of hydrogen-bond acceptors (Lipinski definition) is 3. The molecule has 0 atom stereocenters. The van der Waals surface area contributed by atoms with Crippen molar-refractivity contribution in [1.29, 1.82) is 0 Å². The van der Waals surface area contributed by atoms with Crippen molar-refractivity contribution in [1.82, 2.24) is 20.4 Å². The molecule has 1 heterocycles. The highest BCUT2D eigenvalue weighted by molar-refractivity contribution is 5.96. The van der Waals surface area contributed by atoms with Gasteiger partial charge in [-0.3, -0.25) is 9.89 Å². The smallest absolute Gasteiger partial charge is 0.255 e. The Labute approximate surface area is 96.2 Å². The summed E-state index contributed by atoms with van der Waals surface area (Å²) in [6.07, 6.45) is 0.953. The van der Waals surface area contributed by atoms with Crippen LogP contribution >= 0.6 is 0 Å². The van der Waals surface area contributed by atoms with E-state index in [0.29, 0.717) is 12.1 Å². The lowest BCUT2D eigenvalue weighted by Crippen LogP contribution is -2.27. The molecule has 5 heteroatoms. The maximum atomic E-state index is 11.8. The molecule has 0 saturated carbocycles. The standard InChI is InChI=1S/C11H20N4O/c1-8-10(9(2)14-13-8)11(16)12-6-5-7-15(3)4/h5-7H2,1-4H3,(H,12,16)(H,13,14). The monoisotopic (exact) mass is 224 g/mol. The number of carbonyl (C=O) groups excluding carboxylic acids is 1. The summed E-state index contributed by atoms with van der Waals surface area (Å²) in [5.74, 6) is -0.0393. The van der Waals surface area contributed by atoms with Crippen LogP contribution in [0.2, 0.25) is 0 Å². The first-order valence-corrected chi connectivity index (χ1v) is 5.47. The lowest BCUT2D eigenvalue weighted by atomic mass is 10.2. The van der Waals surface area contributed by atoms with E-state index in [4.69, 9.17) is 0 Å². The summed E-state index contributed by atoms with van der Waals surface area (Å²) in [7, 11) is 4.04. The number of carbonyl (C=O) groups is 1. The molecule has 5 nitrogen and oxygen atoms in total. The molecule has 1 aromatic rings. The van der Waals surface area contributed by atoms with Gasteiger partial charge in [0.05, 0.1) is 11.3 Å². The van der Waals surface area contributed by atoms with Gasteiger partial charge in [-0.2, -0.15) is 5.10 Å². The lowest BCUT2D eigenvalue weighted by molar-refractivity contribution is 0.0951. The zero-order chi connectivity index (χ0) is 12.1. The third-order valence-corrected chi connectivity index (χ3v) is 2.42. The van der Waals surface area contributed by atoms with Gasteiger partial charge in [0.25, 0.3) is 5.91 Å². The maximum absolute atomic E-state index is 11.8. The fourth-order valence-corrected chi connectivity index (χ4v) is 1.57. The molecule has 0 unspecified atom stereocenters. The summed E-state index contributed by atoms with van der Waals surface area (Å²) in [5.41, 5.74) is 2.25. The number of amides is 1. The molecule has 0 bridgehead atoms. The van der Waals surface area contributed by atoms with Crippen LogP contribution in [-0.4, -0.2) is 48.2 Å². The molecule has 1 amide bonds. The van der Waals surface area contributed by atoms with Crippen molar-refractivity contribution in [3.05, 3.63) is 17.0 Å². The Bertz CT molecular complexity index is 337. The first-order chi connectivity index (χ1) is 7.52. The molecular weight excluding hydrogens is 204 g/mol. The number of rotatable bonds is 5. The van der Waals surface area contributed by atoms with Crippen molar-refractivity contribution in [3.63, 3.8) is 0 Å². The average Bonchev–Trinajstić information content (AvgIpc) is 2.53. The quantitative estimate of drug-likeness (QED) is 0.724. The van der Waals surface area contributed by atoms with E-state index in [9.17, 15) is 4.79 Å². The van der Waals surface area contributed by atoms with Crippen molar-refractivity contribution in [2.24, 2.45) is 0 Å². The summed E-state index contributed by atoms with van der Waals surface area (Å²) < 4.78 is 0. The predicted molar refractivity (Wildman–Crippen MR) is 63.6 cm³/mol. The van der Waals surface area contributed by atoms with Crippen molar-refractivity contribution in [2.45, 2.75) is 20.3 Å². The Kier molecular flexibility index (Phi) is 4.49. The molecule has 0 aliphatic carbocycles. The number of aryl methyl sites for hydroxylation is 2. The van der Waals surface area contributed by atoms with E-state index >= 15 is 0 Å². The molecule has 0 fully saturated rings. The molecule has 0 spiro atoms. The zero-order valence-corrected chi connectivity index (χ0v) is 10.4. The number of hydrogen-bond donors (Lipinski definition) is 2. The van der Waals surface area contributed by atoms with Gasteiger partial charge in [0.1, 0.15) is 0 Å². The van der Waals surface area contributed by atoms with Crippen LogP contribution < -0.4 is 5.32 Å². The van der Waals surface area contributed by atoms with Gasteiger partial charge in [0.2, 0.25) is 0 Å². The van der Waals surface area contributed by atoms with Gasteiger partial charge >= 0.3 is 0 Å². The summed E-state index contributed by atoms with van der Waals surface area (Å²) in [5, 5.41) is 9.70. The summed E-state index contributed by atoms with van der Waals surface area (Å²) in [6, 6.07) is 0. The molecule has 0 aliphatic heterocycles. The average molecular weight is 224 g/mol. The number of aromatic nitrogens is 2. The lowest BCUT2D eigenvalue weighted by Gasteiger charge is -2.09. The van der Waals surface area contributed by atoms with Gasteiger partial charge in [-0.1, -0.05) is 0 Å². The number of aromatic amines is 1. The van der Waals surface area contributed by atoms with Gasteiger partial charge in [-0.25, -0.2) is 0 Å². The minimum absolute atomic E-state index is 0.0393. The second-order valence-electron chi connectivity index (χ2n) is 4.22. The molecular formula is C11H20N4O. The normalized spacial score (nSPS) is 10.8. The first kappa shape index (κ1) is 12.7. The van der Waals surface area contributed by atoms with Crippen LogP contribution in [0, 0.1) is 13.8 Å². The number of nitrogens with zero attached hydrogens (tertiary/aromatic N) is 2. The highest BCUT2D eigenvalue weighted by Gasteiger charge is 2.14. The van der Waals surface area contributed by atoms with E-state index in [1.807, 2.05) is 27.9 Å². The first-order valence-electron chi connectivity index (χ1n) is 5.47. The van der Waals surface area contributed by atoms with E-state index < -0.39 is 0 Å². The van der Waals surface area contributed by atoms with Crippen LogP contribution in [0.5, 0.6) is 0 Å². The van der Waals surface area contributed by atoms with Crippen LogP contribution in [-0.2, 0) is 0 Å². The van der Waals surface area contributed by atoms with Crippen LogP contribution in [0.15, 0.2) is 0 Å². The Morgan fingerprint density at radius 2 is 2.12 bits per heavy atom. The summed E-state index contributed by atoms with van der Waals surface area (Å²) >= 11 is 0. The Balaban J connectivity index is 2.41. The van der Waals surface area contributed by atoms with Crippen molar-refractivity contribution in [2.75, 3.05) is 27.2 Å². The minimum Gasteiger partial charge on any atom is -0.352 e. The van der Waals surface area contributed by atoms with E-state index in [-0.39, 0.29) is 5.91 Å². The van der Waals surface area contributed by atoms with Gasteiger partial charge in [0, 0.05) is 12.2 Å². The topological polar surface area (TPSA) is 61.0 Å². The van der Waals surface area contributed by atoms with E-state index in [0.717, 1.165) is 24.4 Å². The molecule has 0 aliphatic rings. The van der Waals surface area contributed by atoms with Crippen LogP contribution in [0.4, 0.5) is 0 Å². The van der Waals surface area contributed by atoms with Crippen LogP contribution in [0.25, 0.3) is 0 Å². The molecule has 0 radical (unpaired) electrons. The van der Waals surface area contributed by atoms with Crippen LogP contribution in [0.1, 0.15) is 28.2 Å². The van der Waals surface area contributed by atoms with Gasteiger partial charge < -0.3 is 10.2 Å². The fraction of sp³-hybridized carbons (Fsp3) is 0.636. The molecule has 0 aromatic carbocycles. The van der Waals surface area contributed by atoms with E-state index in [2.05, 4.69) is 20.4 Å². The minimum atomic E-state index is -0.0393. The highest BCUT2D eigenvalue weighted by Crippen LogP contribution is 2.08. The van der Waals surface area contributed by atoms with Crippen molar-refractivity contribution in [3.8, 4) is 0 Å². The summed E-state index contributed by atoms with van der Waals surface area (Å²) in [6.45, 7) is 5.36. The third-order valence-electron chi connectivity index (χ3n) is 2.42. The Morgan fingerprint density at radius 1 is 1.44 bits per heavy atom. The van der Waals surface area contributed by atoms with Gasteiger partial charge in [-0.05, 0) is 40.9 Å². The van der Waals surface area contributed by atoms with Gasteiger partial charge in [0.15, 0.2) is 0 Å². The van der Waals surface area contributed by atoms with Crippen molar-refractivity contribution < 1.29 is 4.79 Å². The Hall–Kier alpha value is -1.36. The second-order valence-corrected chi connectivity index (χ2v) is 4.22.